The number of benzene rings is 1. The zero-order chi connectivity index (χ0) is 11.5. The van der Waals surface area contributed by atoms with Crippen LogP contribution >= 0.6 is 0 Å². The average molecular weight is 219 g/mol. The fraction of sp³-hybridized carbons (Fsp3) is 0.538. The van der Waals surface area contributed by atoms with E-state index in [2.05, 4.69) is 48.2 Å². The maximum absolute atomic E-state index is 5.59. The lowest BCUT2D eigenvalue weighted by Gasteiger charge is -2.41. The number of likely N-dealkylation sites (tertiary alicyclic amines) is 1. The molecule has 2 rings (SSSR count). The van der Waals surface area contributed by atoms with Crippen molar-refractivity contribution in [3.05, 3.63) is 29.8 Å². The zero-order valence-corrected chi connectivity index (χ0v) is 10.2. The van der Waals surface area contributed by atoms with Crippen LogP contribution in [0.3, 0.4) is 0 Å². The number of hydrogen-bond donors (Lipinski definition) is 1. The Labute approximate surface area is 97.8 Å². The highest BCUT2D eigenvalue weighted by Gasteiger charge is 2.28. The standard InChI is InChI=1S/C13H21N3/c1-15(2)12-5-3-11(4-6-12)13-7-9-16(13)10-8-14/h3-6,13H,7-10,14H2,1-2H3. The smallest absolute Gasteiger partial charge is 0.0361 e. The fourth-order valence-corrected chi connectivity index (χ4v) is 2.25. The number of rotatable bonds is 4. The summed E-state index contributed by atoms with van der Waals surface area (Å²) in [6.07, 6.45) is 1.27. The first-order valence-electron chi connectivity index (χ1n) is 5.94. The average Bonchev–Trinajstić information content (AvgIpc) is 2.25. The summed E-state index contributed by atoms with van der Waals surface area (Å²) in [4.78, 5) is 4.58. The summed E-state index contributed by atoms with van der Waals surface area (Å²) in [6.45, 7) is 2.96. The minimum atomic E-state index is 0.597. The van der Waals surface area contributed by atoms with Crippen LogP contribution in [0.15, 0.2) is 24.3 Å². The van der Waals surface area contributed by atoms with Crippen LogP contribution in [-0.4, -0.2) is 38.6 Å². The molecule has 0 radical (unpaired) electrons. The monoisotopic (exact) mass is 219 g/mol. The number of nitrogens with two attached hydrogens (primary N) is 1. The van der Waals surface area contributed by atoms with Gasteiger partial charge in [-0.3, -0.25) is 4.90 Å². The van der Waals surface area contributed by atoms with Crippen molar-refractivity contribution in [2.45, 2.75) is 12.5 Å². The summed E-state index contributed by atoms with van der Waals surface area (Å²) in [6, 6.07) is 9.45. The normalized spacial score (nSPS) is 20.6. The molecule has 1 aromatic rings. The van der Waals surface area contributed by atoms with Crippen molar-refractivity contribution in [1.82, 2.24) is 4.90 Å². The lowest BCUT2D eigenvalue weighted by Crippen LogP contribution is -2.43. The van der Waals surface area contributed by atoms with E-state index in [9.17, 15) is 0 Å². The van der Waals surface area contributed by atoms with Crippen molar-refractivity contribution in [2.75, 3.05) is 38.6 Å². The molecule has 1 aromatic carbocycles. The summed E-state index contributed by atoms with van der Waals surface area (Å²) >= 11 is 0. The number of anilines is 1. The van der Waals surface area contributed by atoms with E-state index in [4.69, 9.17) is 5.73 Å². The van der Waals surface area contributed by atoms with Crippen molar-refractivity contribution >= 4 is 5.69 Å². The van der Waals surface area contributed by atoms with Crippen molar-refractivity contribution in [1.29, 1.82) is 0 Å². The summed E-state index contributed by atoms with van der Waals surface area (Å²) in [5, 5.41) is 0. The van der Waals surface area contributed by atoms with Gasteiger partial charge < -0.3 is 10.6 Å². The first-order chi connectivity index (χ1) is 7.72. The van der Waals surface area contributed by atoms with Gasteiger partial charge in [-0.05, 0) is 24.1 Å². The Morgan fingerprint density at radius 3 is 2.44 bits per heavy atom. The van der Waals surface area contributed by atoms with Crippen LogP contribution in [0.25, 0.3) is 0 Å². The van der Waals surface area contributed by atoms with Gasteiger partial charge in [0.1, 0.15) is 0 Å². The second kappa shape index (κ2) is 4.85. The van der Waals surface area contributed by atoms with Crippen molar-refractivity contribution in [3.63, 3.8) is 0 Å². The van der Waals surface area contributed by atoms with Gasteiger partial charge in [0.25, 0.3) is 0 Å². The fourth-order valence-electron chi connectivity index (χ4n) is 2.25. The molecule has 88 valence electrons. The Bertz CT molecular complexity index is 332. The van der Waals surface area contributed by atoms with Crippen LogP contribution < -0.4 is 10.6 Å². The van der Waals surface area contributed by atoms with Crippen LogP contribution in [0, 0.1) is 0 Å². The molecule has 0 aromatic heterocycles. The first-order valence-corrected chi connectivity index (χ1v) is 5.94. The van der Waals surface area contributed by atoms with E-state index < -0.39 is 0 Å². The molecule has 0 amide bonds. The Morgan fingerprint density at radius 2 is 2.00 bits per heavy atom. The Hall–Kier alpha value is -1.06. The molecular formula is C13H21N3. The minimum Gasteiger partial charge on any atom is -0.378 e. The third-order valence-corrected chi connectivity index (χ3v) is 3.34. The summed E-state index contributed by atoms with van der Waals surface area (Å²) in [7, 11) is 4.14. The van der Waals surface area contributed by atoms with E-state index in [0.717, 1.165) is 13.1 Å². The number of nitrogens with zero attached hydrogens (tertiary/aromatic N) is 2. The minimum absolute atomic E-state index is 0.597. The molecule has 1 aliphatic rings. The van der Waals surface area contributed by atoms with Crippen LogP contribution in [0.1, 0.15) is 18.0 Å². The third kappa shape index (κ3) is 2.20. The molecule has 1 atom stereocenters. The van der Waals surface area contributed by atoms with E-state index in [1.165, 1.54) is 24.2 Å². The molecule has 1 heterocycles. The molecule has 0 saturated carbocycles. The quantitative estimate of drug-likeness (QED) is 0.832. The molecule has 2 N–H and O–H groups in total. The SMILES string of the molecule is CN(C)c1ccc(C2CCN2CCN)cc1. The predicted molar refractivity (Wildman–Crippen MR) is 68.8 cm³/mol. The molecule has 1 fully saturated rings. The molecular weight excluding hydrogens is 198 g/mol. The molecule has 1 saturated heterocycles. The van der Waals surface area contributed by atoms with E-state index in [1.54, 1.807) is 0 Å². The van der Waals surface area contributed by atoms with Crippen LogP contribution in [0.5, 0.6) is 0 Å². The highest BCUT2D eigenvalue weighted by Crippen LogP contribution is 2.33. The second-order valence-corrected chi connectivity index (χ2v) is 4.62. The van der Waals surface area contributed by atoms with Gasteiger partial charge in [0.05, 0.1) is 0 Å². The van der Waals surface area contributed by atoms with Crippen LogP contribution in [0.2, 0.25) is 0 Å². The van der Waals surface area contributed by atoms with Gasteiger partial charge in [-0.15, -0.1) is 0 Å². The van der Waals surface area contributed by atoms with Crippen LogP contribution in [-0.2, 0) is 0 Å². The maximum atomic E-state index is 5.59. The summed E-state index contributed by atoms with van der Waals surface area (Å²) in [5.41, 5.74) is 8.27. The van der Waals surface area contributed by atoms with Gasteiger partial charge in [0, 0.05) is 45.5 Å². The predicted octanol–water partition coefficient (Wildman–Crippen LogP) is 1.46. The van der Waals surface area contributed by atoms with Crippen LogP contribution in [0.4, 0.5) is 5.69 Å². The molecule has 16 heavy (non-hydrogen) atoms. The van der Waals surface area contributed by atoms with Gasteiger partial charge in [0.2, 0.25) is 0 Å². The van der Waals surface area contributed by atoms with Crippen molar-refractivity contribution < 1.29 is 0 Å². The highest BCUT2D eigenvalue weighted by atomic mass is 15.2. The van der Waals surface area contributed by atoms with Crippen molar-refractivity contribution in [2.24, 2.45) is 5.73 Å². The Morgan fingerprint density at radius 1 is 1.31 bits per heavy atom. The maximum Gasteiger partial charge on any atom is 0.0361 e. The summed E-state index contributed by atoms with van der Waals surface area (Å²) < 4.78 is 0. The topological polar surface area (TPSA) is 32.5 Å². The number of hydrogen-bond acceptors (Lipinski definition) is 3. The largest absolute Gasteiger partial charge is 0.378 e. The lowest BCUT2D eigenvalue weighted by atomic mass is 9.94. The van der Waals surface area contributed by atoms with Crippen molar-refractivity contribution in [3.8, 4) is 0 Å². The van der Waals surface area contributed by atoms with Gasteiger partial charge in [0.15, 0.2) is 0 Å². The molecule has 1 aliphatic heterocycles. The van der Waals surface area contributed by atoms with Gasteiger partial charge in [-0.2, -0.15) is 0 Å². The molecule has 0 aliphatic carbocycles. The van der Waals surface area contributed by atoms with E-state index in [1.807, 2.05) is 0 Å². The van der Waals surface area contributed by atoms with E-state index >= 15 is 0 Å². The first kappa shape index (κ1) is 11.4. The molecule has 1 unspecified atom stereocenters. The lowest BCUT2D eigenvalue weighted by molar-refractivity contribution is 0.0951. The Kier molecular flexibility index (Phi) is 3.46. The molecule has 0 bridgehead atoms. The Balaban J connectivity index is 2.04. The van der Waals surface area contributed by atoms with Gasteiger partial charge >= 0.3 is 0 Å². The second-order valence-electron chi connectivity index (χ2n) is 4.62. The molecule has 3 nitrogen and oxygen atoms in total. The van der Waals surface area contributed by atoms with E-state index in [0.29, 0.717) is 6.04 Å². The zero-order valence-electron chi connectivity index (χ0n) is 10.2. The third-order valence-electron chi connectivity index (χ3n) is 3.34. The highest BCUT2D eigenvalue weighted by molar-refractivity contribution is 5.46. The van der Waals surface area contributed by atoms with Gasteiger partial charge in [-0.1, -0.05) is 12.1 Å². The summed E-state index contributed by atoms with van der Waals surface area (Å²) in [5.74, 6) is 0. The van der Waals surface area contributed by atoms with E-state index in [-0.39, 0.29) is 0 Å². The molecule has 0 spiro atoms. The van der Waals surface area contributed by atoms with Gasteiger partial charge in [-0.25, -0.2) is 0 Å². The molecule has 3 heteroatoms.